The average Bonchev–Trinajstić information content (AvgIpc) is 3.48. The van der Waals surface area contributed by atoms with Gasteiger partial charge >= 0.3 is 0 Å². The lowest BCUT2D eigenvalue weighted by Crippen LogP contribution is -2.32. The number of nitrogens with zero attached hydrogens (tertiary/aromatic N) is 3. The standard InChI is InChI=1S/C26H26N4O2S/c1-18-7-4-10-20(15-18)25-28-29-26(30(25)16-21-11-6-14-32-21)33-17-24(31)27-23-13-5-9-19-8-2-3-12-22(19)23/h2-4,6-8,10-12,14-15,23H,5,9,13,16-17H2,1H3,(H,27,31). The summed E-state index contributed by atoms with van der Waals surface area (Å²) in [7, 11) is 0. The van der Waals surface area contributed by atoms with Crippen LogP contribution in [0.5, 0.6) is 0 Å². The van der Waals surface area contributed by atoms with Crippen molar-refractivity contribution in [2.24, 2.45) is 0 Å². The Kier molecular flexibility index (Phi) is 6.30. The minimum Gasteiger partial charge on any atom is -0.467 e. The summed E-state index contributed by atoms with van der Waals surface area (Å²) in [5.41, 5.74) is 4.72. The second-order valence-corrected chi connectivity index (χ2v) is 9.28. The monoisotopic (exact) mass is 458 g/mol. The predicted molar refractivity (Wildman–Crippen MR) is 129 cm³/mol. The van der Waals surface area contributed by atoms with Crippen LogP contribution in [0.1, 0.15) is 41.3 Å². The fraction of sp³-hybridized carbons (Fsp3) is 0.269. The molecule has 0 fully saturated rings. The molecule has 2 aromatic carbocycles. The third kappa shape index (κ3) is 4.88. The topological polar surface area (TPSA) is 73.0 Å². The maximum absolute atomic E-state index is 12.8. The Morgan fingerprint density at radius 3 is 2.91 bits per heavy atom. The van der Waals surface area contributed by atoms with Crippen LogP contribution >= 0.6 is 11.8 Å². The minimum atomic E-state index is 0.00589. The van der Waals surface area contributed by atoms with E-state index >= 15 is 0 Å². The molecule has 5 rings (SSSR count). The van der Waals surface area contributed by atoms with Gasteiger partial charge in [-0.1, -0.05) is 59.8 Å². The first-order valence-corrected chi connectivity index (χ1v) is 12.2. The Balaban J connectivity index is 1.33. The van der Waals surface area contributed by atoms with Crippen LogP contribution in [-0.2, 0) is 17.8 Å². The van der Waals surface area contributed by atoms with Gasteiger partial charge in [0.2, 0.25) is 5.91 Å². The molecule has 1 N–H and O–H groups in total. The predicted octanol–water partition coefficient (Wildman–Crippen LogP) is 5.18. The van der Waals surface area contributed by atoms with E-state index in [0.29, 0.717) is 11.7 Å². The second kappa shape index (κ2) is 9.67. The number of hydrogen-bond acceptors (Lipinski definition) is 5. The van der Waals surface area contributed by atoms with Crippen LogP contribution in [0.4, 0.5) is 0 Å². The largest absolute Gasteiger partial charge is 0.467 e. The summed E-state index contributed by atoms with van der Waals surface area (Å²) in [4.78, 5) is 12.8. The second-order valence-electron chi connectivity index (χ2n) is 8.34. The zero-order valence-electron chi connectivity index (χ0n) is 18.5. The quantitative estimate of drug-likeness (QED) is 0.386. The third-order valence-electron chi connectivity index (χ3n) is 5.92. The molecule has 33 heavy (non-hydrogen) atoms. The van der Waals surface area contributed by atoms with Crippen molar-refractivity contribution in [1.82, 2.24) is 20.1 Å². The van der Waals surface area contributed by atoms with Crippen molar-refractivity contribution in [2.45, 2.75) is 43.9 Å². The molecule has 0 spiro atoms. The van der Waals surface area contributed by atoms with Crippen molar-refractivity contribution in [3.63, 3.8) is 0 Å². The van der Waals surface area contributed by atoms with Gasteiger partial charge < -0.3 is 9.73 Å². The molecule has 1 amide bonds. The van der Waals surface area contributed by atoms with Crippen LogP contribution in [0.2, 0.25) is 0 Å². The first-order chi connectivity index (χ1) is 16.2. The van der Waals surface area contributed by atoms with Crippen LogP contribution in [0.15, 0.2) is 76.5 Å². The van der Waals surface area contributed by atoms with Crippen LogP contribution in [0, 0.1) is 6.92 Å². The lowest BCUT2D eigenvalue weighted by molar-refractivity contribution is -0.119. The molecular weight excluding hydrogens is 432 g/mol. The van der Waals surface area contributed by atoms with Gasteiger partial charge in [0, 0.05) is 5.56 Å². The molecular formula is C26H26N4O2S. The van der Waals surface area contributed by atoms with Gasteiger partial charge in [-0.25, -0.2) is 0 Å². The van der Waals surface area contributed by atoms with Gasteiger partial charge in [-0.3, -0.25) is 9.36 Å². The first-order valence-electron chi connectivity index (χ1n) is 11.2. The van der Waals surface area contributed by atoms with Gasteiger partial charge in [0.1, 0.15) is 5.76 Å². The summed E-state index contributed by atoms with van der Waals surface area (Å²) in [6, 6.07) is 20.5. The van der Waals surface area contributed by atoms with Crippen molar-refractivity contribution in [3.8, 4) is 11.4 Å². The molecule has 0 saturated heterocycles. The summed E-state index contributed by atoms with van der Waals surface area (Å²) in [6.45, 7) is 2.56. The molecule has 1 aliphatic rings. The maximum atomic E-state index is 12.8. The fourth-order valence-electron chi connectivity index (χ4n) is 4.36. The number of aromatic nitrogens is 3. The van der Waals surface area contributed by atoms with Gasteiger partial charge in [0.05, 0.1) is 24.6 Å². The molecule has 1 atom stereocenters. The molecule has 2 heterocycles. The van der Waals surface area contributed by atoms with E-state index in [1.54, 1.807) is 6.26 Å². The number of amides is 1. The number of carbonyl (C=O) groups is 1. The molecule has 168 valence electrons. The number of aryl methyl sites for hydroxylation is 2. The molecule has 4 aromatic rings. The number of thioether (sulfide) groups is 1. The molecule has 0 aliphatic heterocycles. The number of furan rings is 1. The first kappa shape index (κ1) is 21.5. The Morgan fingerprint density at radius 1 is 1.15 bits per heavy atom. The fourth-order valence-corrected chi connectivity index (χ4v) is 5.11. The van der Waals surface area contributed by atoms with Crippen molar-refractivity contribution in [2.75, 3.05) is 5.75 Å². The van der Waals surface area contributed by atoms with E-state index in [1.165, 1.54) is 22.9 Å². The molecule has 0 radical (unpaired) electrons. The van der Waals surface area contributed by atoms with E-state index in [9.17, 15) is 4.79 Å². The van der Waals surface area contributed by atoms with E-state index in [2.05, 4.69) is 52.8 Å². The number of benzene rings is 2. The van der Waals surface area contributed by atoms with Gasteiger partial charge in [-0.2, -0.15) is 0 Å². The van der Waals surface area contributed by atoms with Crippen molar-refractivity contribution >= 4 is 17.7 Å². The number of carbonyl (C=O) groups excluding carboxylic acids is 1. The van der Waals surface area contributed by atoms with Crippen molar-refractivity contribution < 1.29 is 9.21 Å². The Bertz CT molecular complexity index is 1250. The molecule has 6 nitrogen and oxygen atoms in total. The summed E-state index contributed by atoms with van der Waals surface area (Å²) >= 11 is 1.40. The highest BCUT2D eigenvalue weighted by molar-refractivity contribution is 7.99. The summed E-state index contributed by atoms with van der Waals surface area (Å²) in [5, 5.41) is 12.8. The van der Waals surface area contributed by atoms with Crippen LogP contribution in [-0.4, -0.2) is 26.4 Å². The van der Waals surface area contributed by atoms with Gasteiger partial charge in [-0.05, 0) is 55.5 Å². The number of nitrogens with one attached hydrogen (secondary N) is 1. The molecule has 1 aliphatic carbocycles. The summed E-state index contributed by atoms with van der Waals surface area (Å²) in [5.74, 6) is 1.86. The van der Waals surface area contributed by atoms with E-state index in [0.717, 1.165) is 42.0 Å². The van der Waals surface area contributed by atoms with E-state index < -0.39 is 0 Å². The normalized spacial score (nSPS) is 15.2. The van der Waals surface area contributed by atoms with Crippen molar-refractivity contribution in [3.05, 3.63) is 89.4 Å². The SMILES string of the molecule is Cc1cccc(-c2nnc(SCC(=O)NC3CCCc4ccccc43)n2Cc2ccco2)c1. The van der Waals surface area contributed by atoms with Crippen molar-refractivity contribution in [1.29, 1.82) is 0 Å². The van der Waals surface area contributed by atoms with Gasteiger partial charge in [0.25, 0.3) is 0 Å². The minimum absolute atomic E-state index is 0.00589. The maximum Gasteiger partial charge on any atom is 0.230 e. The highest BCUT2D eigenvalue weighted by Gasteiger charge is 2.22. The third-order valence-corrected chi connectivity index (χ3v) is 6.89. The summed E-state index contributed by atoms with van der Waals surface area (Å²) in [6.07, 6.45) is 4.80. The Hall–Kier alpha value is -3.32. The highest BCUT2D eigenvalue weighted by Crippen LogP contribution is 2.30. The van der Waals surface area contributed by atoms with Gasteiger partial charge in [-0.15, -0.1) is 10.2 Å². The smallest absolute Gasteiger partial charge is 0.230 e. The zero-order valence-corrected chi connectivity index (χ0v) is 19.3. The van der Waals surface area contributed by atoms with Crippen LogP contribution < -0.4 is 5.32 Å². The lowest BCUT2D eigenvalue weighted by Gasteiger charge is -2.26. The van der Waals surface area contributed by atoms with E-state index in [-0.39, 0.29) is 17.7 Å². The Morgan fingerprint density at radius 2 is 2.06 bits per heavy atom. The number of rotatable bonds is 7. The lowest BCUT2D eigenvalue weighted by atomic mass is 9.88. The highest BCUT2D eigenvalue weighted by atomic mass is 32.2. The average molecular weight is 459 g/mol. The number of fused-ring (bicyclic) bond motifs is 1. The molecule has 0 saturated carbocycles. The van der Waals surface area contributed by atoms with E-state index in [1.807, 2.05) is 34.9 Å². The molecule has 7 heteroatoms. The Labute approximate surface area is 197 Å². The molecule has 1 unspecified atom stereocenters. The van der Waals surface area contributed by atoms with Crippen LogP contribution in [0.25, 0.3) is 11.4 Å². The molecule has 2 aromatic heterocycles. The number of hydrogen-bond donors (Lipinski definition) is 1. The zero-order chi connectivity index (χ0) is 22.6. The van der Waals surface area contributed by atoms with Crippen LogP contribution in [0.3, 0.4) is 0 Å². The van der Waals surface area contributed by atoms with E-state index in [4.69, 9.17) is 4.42 Å². The molecule has 0 bridgehead atoms. The van der Waals surface area contributed by atoms with Gasteiger partial charge in [0.15, 0.2) is 11.0 Å². The summed E-state index contributed by atoms with van der Waals surface area (Å²) < 4.78 is 7.59.